The van der Waals surface area contributed by atoms with Gasteiger partial charge in [-0.25, -0.2) is 0 Å². The van der Waals surface area contributed by atoms with Crippen molar-refractivity contribution >= 4 is 0 Å². The van der Waals surface area contributed by atoms with Gasteiger partial charge in [0.2, 0.25) is 0 Å². The summed E-state index contributed by atoms with van der Waals surface area (Å²) < 4.78 is 0. The zero-order valence-corrected chi connectivity index (χ0v) is 11.2. The van der Waals surface area contributed by atoms with Crippen molar-refractivity contribution in [3.05, 3.63) is 12.3 Å². The number of nitrogens with two attached hydrogens (primary N) is 1. The van der Waals surface area contributed by atoms with Gasteiger partial charge in [0, 0.05) is 0 Å². The summed E-state index contributed by atoms with van der Waals surface area (Å²) in [4.78, 5) is 0. The van der Waals surface area contributed by atoms with E-state index in [1.807, 2.05) is 0 Å². The van der Waals surface area contributed by atoms with Crippen LogP contribution in [0.1, 0.15) is 84.0 Å². The molecule has 0 amide bonds. The highest BCUT2D eigenvalue weighted by atomic mass is 14.5. The van der Waals surface area contributed by atoms with Gasteiger partial charge < -0.3 is 5.73 Å². The fraction of sp³-hybridized carbons (Fsp3) is 0.867. The quantitative estimate of drug-likeness (QED) is 0.456. The zero-order chi connectivity index (χ0) is 11.9. The second-order valence-electron chi connectivity index (χ2n) is 4.75. The Bertz CT molecular complexity index is 140. The lowest BCUT2D eigenvalue weighted by Crippen LogP contribution is -1.82. The van der Waals surface area contributed by atoms with E-state index < -0.39 is 0 Å². The molecule has 0 radical (unpaired) electrons. The predicted molar refractivity (Wildman–Crippen MR) is 74.4 cm³/mol. The summed E-state index contributed by atoms with van der Waals surface area (Å²) in [6, 6.07) is 0. The smallest absolute Gasteiger partial charge is 0.0103 e. The molecule has 0 rings (SSSR count). The summed E-state index contributed by atoms with van der Waals surface area (Å²) in [6.45, 7) is 2.28. The van der Waals surface area contributed by atoms with Gasteiger partial charge in [0.25, 0.3) is 0 Å². The van der Waals surface area contributed by atoms with Crippen molar-refractivity contribution in [1.29, 1.82) is 0 Å². The molecule has 0 atom stereocenters. The highest BCUT2D eigenvalue weighted by molar-refractivity contribution is 4.74. The third kappa shape index (κ3) is 13.5. The minimum absolute atomic E-state index is 1.16. The van der Waals surface area contributed by atoms with Crippen LogP contribution in [0.2, 0.25) is 0 Å². The van der Waals surface area contributed by atoms with Gasteiger partial charge in [-0.1, -0.05) is 77.2 Å². The molecule has 0 aliphatic rings. The second kappa shape index (κ2) is 14.5. The van der Waals surface area contributed by atoms with Crippen LogP contribution in [-0.2, 0) is 0 Å². The summed E-state index contributed by atoms with van der Waals surface area (Å²) in [6.07, 6.45) is 20.4. The molecule has 2 N–H and O–H groups in total. The number of rotatable bonds is 12. The van der Waals surface area contributed by atoms with Gasteiger partial charge in [0.15, 0.2) is 0 Å². The van der Waals surface area contributed by atoms with Crippen LogP contribution in [0.4, 0.5) is 0 Å². The third-order valence-electron chi connectivity index (χ3n) is 3.11. The first-order chi connectivity index (χ1) is 7.91. The molecule has 96 valence electrons. The minimum atomic E-state index is 1.16. The molecule has 1 heteroatoms. The largest absolute Gasteiger partial charge is 0.405 e. The fourth-order valence-corrected chi connectivity index (χ4v) is 2.02. The number of hydrogen-bond donors (Lipinski definition) is 1. The first-order valence-corrected chi connectivity index (χ1v) is 7.28. The topological polar surface area (TPSA) is 26.0 Å². The van der Waals surface area contributed by atoms with Crippen molar-refractivity contribution in [2.75, 3.05) is 0 Å². The lowest BCUT2D eigenvalue weighted by Gasteiger charge is -2.01. The van der Waals surface area contributed by atoms with E-state index in [9.17, 15) is 0 Å². The second-order valence-corrected chi connectivity index (χ2v) is 4.75. The van der Waals surface area contributed by atoms with Crippen LogP contribution in [0.5, 0.6) is 0 Å². The summed E-state index contributed by atoms with van der Waals surface area (Å²) >= 11 is 0. The SMILES string of the molecule is CCCCCCCCCCCCCC=CN. The number of hydrogen-bond acceptors (Lipinski definition) is 1. The van der Waals surface area contributed by atoms with Crippen LogP contribution >= 0.6 is 0 Å². The Morgan fingerprint density at radius 1 is 0.688 bits per heavy atom. The molecule has 0 bridgehead atoms. The Hall–Kier alpha value is -0.460. The van der Waals surface area contributed by atoms with Gasteiger partial charge >= 0.3 is 0 Å². The van der Waals surface area contributed by atoms with E-state index in [0.717, 1.165) is 6.42 Å². The van der Waals surface area contributed by atoms with Crippen LogP contribution in [-0.4, -0.2) is 0 Å². The van der Waals surface area contributed by atoms with E-state index in [1.54, 1.807) is 6.20 Å². The molecule has 1 nitrogen and oxygen atoms in total. The molecule has 0 heterocycles. The molecule has 0 unspecified atom stereocenters. The van der Waals surface area contributed by atoms with Crippen molar-refractivity contribution < 1.29 is 0 Å². The number of allylic oxidation sites excluding steroid dienone is 1. The average Bonchev–Trinajstić information content (AvgIpc) is 2.31. The molecule has 0 saturated heterocycles. The molecular weight excluding hydrogens is 194 g/mol. The Morgan fingerprint density at radius 3 is 1.56 bits per heavy atom. The average molecular weight is 225 g/mol. The molecular formula is C15H31N. The lowest BCUT2D eigenvalue weighted by molar-refractivity contribution is 0.550. The van der Waals surface area contributed by atoms with Gasteiger partial charge in [0.05, 0.1) is 0 Å². The molecule has 16 heavy (non-hydrogen) atoms. The Balaban J connectivity index is 2.88. The first-order valence-electron chi connectivity index (χ1n) is 7.28. The molecule has 0 aromatic carbocycles. The van der Waals surface area contributed by atoms with E-state index in [2.05, 4.69) is 13.0 Å². The van der Waals surface area contributed by atoms with E-state index in [0.29, 0.717) is 0 Å². The van der Waals surface area contributed by atoms with Crippen LogP contribution in [0.25, 0.3) is 0 Å². The highest BCUT2D eigenvalue weighted by Gasteiger charge is 1.92. The summed E-state index contributed by atoms with van der Waals surface area (Å²) in [7, 11) is 0. The maximum Gasteiger partial charge on any atom is -0.0103 e. The maximum absolute atomic E-state index is 5.28. The van der Waals surface area contributed by atoms with Crippen molar-refractivity contribution in [2.24, 2.45) is 5.73 Å². The fourth-order valence-electron chi connectivity index (χ4n) is 2.02. The van der Waals surface area contributed by atoms with Crippen molar-refractivity contribution in [3.63, 3.8) is 0 Å². The maximum atomic E-state index is 5.28. The molecule has 0 aliphatic heterocycles. The number of unbranched alkanes of at least 4 members (excludes halogenated alkanes) is 11. The van der Waals surface area contributed by atoms with Crippen molar-refractivity contribution in [1.82, 2.24) is 0 Å². The van der Waals surface area contributed by atoms with Crippen molar-refractivity contribution in [3.8, 4) is 0 Å². The lowest BCUT2D eigenvalue weighted by atomic mass is 10.1. The van der Waals surface area contributed by atoms with E-state index in [-0.39, 0.29) is 0 Å². The molecule has 0 saturated carbocycles. The van der Waals surface area contributed by atoms with Crippen LogP contribution in [0, 0.1) is 0 Å². The van der Waals surface area contributed by atoms with Gasteiger partial charge in [-0.2, -0.15) is 0 Å². The first kappa shape index (κ1) is 15.5. The standard InChI is InChI=1S/C15H31N/c1-2-3-4-5-6-7-8-9-10-11-12-13-14-15-16/h14-15H,2-13,16H2,1H3. The molecule has 0 aromatic heterocycles. The summed E-state index contributed by atoms with van der Waals surface area (Å²) in [5.74, 6) is 0. The normalized spacial score (nSPS) is 11.3. The van der Waals surface area contributed by atoms with E-state index >= 15 is 0 Å². The van der Waals surface area contributed by atoms with Gasteiger partial charge in [-0.05, 0) is 19.0 Å². The van der Waals surface area contributed by atoms with Gasteiger partial charge in [-0.3, -0.25) is 0 Å². The van der Waals surface area contributed by atoms with E-state index in [1.165, 1.54) is 70.6 Å². The third-order valence-corrected chi connectivity index (χ3v) is 3.11. The van der Waals surface area contributed by atoms with Gasteiger partial charge in [0.1, 0.15) is 0 Å². The summed E-state index contributed by atoms with van der Waals surface area (Å²) in [5.41, 5.74) is 5.28. The van der Waals surface area contributed by atoms with Crippen molar-refractivity contribution in [2.45, 2.75) is 84.0 Å². The molecule has 0 aromatic rings. The monoisotopic (exact) mass is 225 g/mol. The molecule has 0 aliphatic carbocycles. The van der Waals surface area contributed by atoms with Crippen LogP contribution in [0.3, 0.4) is 0 Å². The Morgan fingerprint density at radius 2 is 1.12 bits per heavy atom. The Labute approximate surface area is 102 Å². The summed E-state index contributed by atoms with van der Waals surface area (Å²) in [5, 5.41) is 0. The van der Waals surface area contributed by atoms with E-state index in [4.69, 9.17) is 5.73 Å². The van der Waals surface area contributed by atoms with Crippen LogP contribution < -0.4 is 5.73 Å². The van der Waals surface area contributed by atoms with Crippen LogP contribution in [0.15, 0.2) is 12.3 Å². The molecule has 0 spiro atoms. The predicted octanol–water partition coefficient (Wildman–Crippen LogP) is 5.16. The minimum Gasteiger partial charge on any atom is -0.405 e. The zero-order valence-electron chi connectivity index (χ0n) is 11.2. The Kier molecular flexibility index (Phi) is 14.1. The molecule has 0 fully saturated rings. The van der Waals surface area contributed by atoms with Gasteiger partial charge in [-0.15, -0.1) is 0 Å². The highest BCUT2D eigenvalue weighted by Crippen LogP contribution is 2.11.